The number of benzene rings is 2. The molecule has 0 saturated heterocycles. The number of allylic oxidation sites excluding steroid dienone is 1. The molecular weight excluding hydrogens is 364 g/mol. The predicted octanol–water partition coefficient (Wildman–Crippen LogP) is 3.67. The Morgan fingerprint density at radius 3 is 2.48 bits per heavy atom. The van der Waals surface area contributed by atoms with Gasteiger partial charge in [0.1, 0.15) is 0 Å². The van der Waals surface area contributed by atoms with Gasteiger partial charge in [-0.15, -0.1) is 0 Å². The van der Waals surface area contributed by atoms with Gasteiger partial charge in [0.15, 0.2) is 0 Å². The Morgan fingerprint density at radius 1 is 1.15 bits per heavy atom. The van der Waals surface area contributed by atoms with Crippen LogP contribution >= 0.6 is 11.6 Å². The van der Waals surface area contributed by atoms with Gasteiger partial charge in [0.25, 0.3) is 5.91 Å². The van der Waals surface area contributed by atoms with Gasteiger partial charge in [-0.2, -0.15) is 0 Å². The van der Waals surface area contributed by atoms with Gasteiger partial charge in [0.05, 0.1) is 11.6 Å². The topological polar surface area (TPSA) is 73.5 Å². The summed E-state index contributed by atoms with van der Waals surface area (Å²) in [5.41, 5.74) is 3.41. The van der Waals surface area contributed by atoms with Crippen molar-refractivity contribution in [2.75, 3.05) is 24.3 Å². The van der Waals surface area contributed by atoms with Crippen molar-refractivity contribution in [2.45, 2.75) is 13.0 Å². The molecule has 3 rings (SSSR count). The number of anilines is 2. The summed E-state index contributed by atoms with van der Waals surface area (Å²) >= 11 is 5.99. The van der Waals surface area contributed by atoms with Crippen molar-refractivity contribution >= 4 is 34.9 Å². The number of carbonyl (C=O) groups is 2. The normalized spacial score (nSPS) is 16.4. The highest BCUT2D eigenvalue weighted by Crippen LogP contribution is 2.29. The third-order valence-corrected chi connectivity index (χ3v) is 4.57. The summed E-state index contributed by atoms with van der Waals surface area (Å²) < 4.78 is 0. The molecule has 0 aromatic heterocycles. The van der Waals surface area contributed by atoms with E-state index in [2.05, 4.69) is 16.0 Å². The summed E-state index contributed by atoms with van der Waals surface area (Å²) in [6.07, 6.45) is 0. The molecule has 0 unspecified atom stereocenters. The summed E-state index contributed by atoms with van der Waals surface area (Å²) in [6, 6.07) is 13.8. The summed E-state index contributed by atoms with van der Waals surface area (Å²) in [7, 11) is 3.91. The van der Waals surface area contributed by atoms with E-state index >= 15 is 0 Å². The minimum atomic E-state index is -0.547. The lowest BCUT2D eigenvalue weighted by molar-refractivity contribution is -0.113. The van der Waals surface area contributed by atoms with Crippen molar-refractivity contribution < 1.29 is 9.59 Å². The first-order valence-corrected chi connectivity index (χ1v) is 8.85. The van der Waals surface area contributed by atoms with Crippen LogP contribution < -0.4 is 20.9 Å². The molecule has 3 amide bonds. The molecule has 6 nitrogen and oxygen atoms in total. The Bertz CT molecular complexity index is 906. The lowest BCUT2D eigenvalue weighted by Gasteiger charge is -2.29. The molecule has 1 aliphatic heterocycles. The molecule has 27 heavy (non-hydrogen) atoms. The lowest BCUT2D eigenvalue weighted by atomic mass is 9.94. The molecule has 1 heterocycles. The molecule has 0 radical (unpaired) electrons. The van der Waals surface area contributed by atoms with Crippen LogP contribution in [0.5, 0.6) is 0 Å². The Hall–Kier alpha value is -2.99. The van der Waals surface area contributed by atoms with Crippen LogP contribution in [0.1, 0.15) is 18.5 Å². The standard InChI is InChI=1S/C20H21ClN4O2/c1-12-17(19(26)23-15-6-4-5-14(21)11-15)18(24-20(27)22-12)13-7-9-16(10-8-13)25(2)3/h4-11,18H,1-3H3,(H,23,26)(H2,22,24,27)/t18-/m1/s1. The molecule has 1 aliphatic rings. The summed E-state index contributed by atoms with van der Waals surface area (Å²) in [6.45, 7) is 1.72. The molecule has 1 atom stereocenters. The molecular formula is C20H21ClN4O2. The Labute approximate surface area is 163 Å². The van der Waals surface area contributed by atoms with Crippen LogP contribution in [0.15, 0.2) is 59.8 Å². The molecule has 0 saturated carbocycles. The number of halogens is 1. The highest BCUT2D eigenvalue weighted by Gasteiger charge is 2.31. The highest BCUT2D eigenvalue weighted by atomic mass is 35.5. The van der Waals surface area contributed by atoms with E-state index < -0.39 is 6.04 Å². The fraction of sp³-hybridized carbons (Fsp3) is 0.200. The van der Waals surface area contributed by atoms with Crippen LogP contribution in [0.2, 0.25) is 5.02 Å². The number of rotatable bonds is 4. The lowest BCUT2D eigenvalue weighted by Crippen LogP contribution is -2.45. The molecule has 140 valence electrons. The zero-order chi connectivity index (χ0) is 19.6. The molecule has 0 aliphatic carbocycles. The molecule has 2 aromatic carbocycles. The van der Waals surface area contributed by atoms with Crippen molar-refractivity contribution in [3.8, 4) is 0 Å². The SMILES string of the molecule is CC1=C(C(=O)Nc2cccc(Cl)c2)[C@@H](c2ccc(N(C)C)cc2)NC(=O)N1. The summed E-state index contributed by atoms with van der Waals surface area (Å²) in [5.74, 6) is -0.302. The monoisotopic (exact) mass is 384 g/mol. The highest BCUT2D eigenvalue weighted by molar-refractivity contribution is 6.31. The van der Waals surface area contributed by atoms with Crippen LogP contribution in [0.25, 0.3) is 0 Å². The first-order valence-electron chi connectivity index (χ1n) is 8.47. The fourth-order valence-electron chi connectivity index (χ4n) is 2.97. The second-order valence-corrected chi connectivity index (χ2v) is 6.96. The number of hydrogen-bond acceptors (Lipinski definition) is 3. The van der Waals surface area contributed by atoms with Gasteiger partial charge >= 0.3 is 6.03 Å². The first kappa shape index (κ1) is 18.8. The van der Waals surface area contributed by atoms with Gasteiger partial charge in [-0.05, 0) is 42.8 Å². The first-order chi connectivity index (χ1) is 12.8. The smallest absolute Gasteiger partial charge is 0.319 e. The third-order valence-electron chi connectivity index (χ3n) is 4.34. The molecule has 0 spiro atoms. The minimum absolute atomic E-state index is 0.302. The van der Waals surface area contributed by atoms with Crippen molar-refractivity contribution in [3.63, 3.8) is 0 Å². The predicted molar refractivity (Wildman–Crippen MR) is 108 cm³/mol. The molecule has 3 N–H and O–H groups in total. The molecule has 7 heteroatoms. The van der Waals surface area contributed by atoms with Crippen LogP contribution in [0.4, 0.5) is 16.2 Å². The van der Waals surface area contributed by atoms with Crippen LogP contribution in [0, 0.1) is 0 Å². The molecule has 0 fully saturated rings. The van der Waals surface area contributed by atoms with Gasteiger partial charge < -0.3 is 20.9 Å². The Balaban J connectivity index is 1.92. The van der Waals surface area contributed by atoms with Gasteiger partial charge in [-0.25, -0.2) is 4.79 Å². The quantitative estimate of drug-likeness (QED) is 0.753. The summed E-state index contributed by atoms with van der Waals surface area (Å²) in [5, 5.41) is 8.88. The Morgan fingerprint density at radius 2 is 1.85 bits per heavy atom. The number of nitrogens with one attached hydrogen (secondary N) is 3. The average molecular weight is 385 g/mol. The Kier molecular flexibility index (Phi) is 5.37. The largest absolute Gasteiger partial charge is 0.378 e. The second kappa shape index (κ2) is 7.72. The van der Waals surface area contributed by atoms with E-state index in [0.717, 1.165) is 11.3 Å². The van der Waals surface area contributed by atoms with Crippen LogP contribution in [0.3, 0.4) is 0 Å². The van der Waals surface area contributed by atoms with E-state index in [4.69, 9.17) is 11.6 Å². The van der Waals surface area contributed by atoms with Gasteiger partial charge in [0.2, 0.25) is 0 Å². The number of carbonyl (C=O) groups excluding carboxylic acids is 2. The zero-order valence-corrected chi connectivity index (χ0v) is 16.1. The maximum Gasteiger partial charge on any atom is 0.319 e. The molecule has 0 bridgehead atoms. The van der Waals surface area contributed by atoms with Gasteiger partial charge in [-0.3, -0.25) is 4.79 Å². The second-order valence-electron chi connectivity index (χ2n) is 6.52. The van der Waals surface area contributed by atoms with E-state index in [1.807, 2.05) is 43.3 Å². The fourth-order valence-corrected chi connectivity index (χ4v) is 3.16. The minimum Gasteiger partial charge on any atom is -0.378 e. The average Bonchev–Trinajstić information content (AvgIpc) is 2.61. The number of urea groups is 1. The van der Waals surface area contributed by atoms with Crippen molar-refractivity contribution in [1.29, 1.82) is 0 Å². The third kappa shape index (κ3) is 4.23. The summed E-state index contributed by atoms with van der Waals surface area (Å²) in [4.78, 5) is 26.9. The maximum atomic E-state index is 12.9. The van der Waals surface area contributed by atoms with Crippen molar-refractivity contribution in [1.82, 2.24) is 10.6 Å². The van der Waals surface area contributed by atoms with E-state index in [1.165, 1.54) is 0 Å². The van der Waals surface area contributed by atoms with E-state index in [9.17, 15) is 9.59 Å². The van der Waals surface area contributed by atoms with E-state index in [-0.39, 0.29) is 11.9 Å². The van der Waals surface area contributed by atoms with Crippen LogP contribution in [-0.4, -0.2) is 26.0 Å². The molecule has 2 aromatic rings. The van der Waals surface area contributed by atoms with E-state index in [0.29, 0.717) is 22.0 Å². The maximum absolute atomic E-state index is 12.9. The number of amides is 3. The van der Waals surface area contributed by atoms with E-state index in [1.54, 1.807) is 31.2 Å². The van der Waals surface area contributed by atoms with Crippen molar-refractivity contribution in [2.24, 2.45) is 0 Å². The van der Waals surface area contributed by atoms with Gasteiger partial charge in [0, 0.05) is 36.2 Å². The number of nitrogens with zero attached hydrogens (tertiary/aromatic N) is 1. The number of hydrogen-bond donors (Lipinski definition) is 3. The van der Waals surface area contributed by atoms with Gasteiger partial charge in [-0.1, -0.05) is 29.8 Å². The van der Waals surface area contributed by atoms with Crippen molar-refractivity contribution in [3.05, 3.63) is 70.4 Å². The van der Waals surface area contributed by atoms with Crippen LogP contribution in [-0.2, 0) is 4.79 Å². The zero-order valence-electron chi connectivity index (χ0n) is 15.3.